The molecule has 0 unspecified atom stereocenters. The zero-order valence-corrected chi connectivity index (χ0v) is 11.0. The predicted molar refractivity (Wildman–Crippen MR) is 71.2 cm³/mol. The number of hydrogen-bond acceptors (Lipinski definition) is 7. The number of nitrogens with zero attached hydrogens (tertiary/aromatic N) is 3. The maximum atomic E-state index is 5.35. The van der Waals surface area contributed by atoms with Gasteiger partial charge in [-0.15, -0.1) is 0 Å². The Bertz CT molecular complexity index is 501. The minimum absolute atomic E-state index is 0.487. The van der Waals surface area contributed by atoms with Gasteiger partial charge >= 0.3 is 0 Å². The molecule has 0 spiro atoms. The first-order chi connectivity index (χ1) is 9.35. The van der Waals surface area contributed by atoms with Crippen LogP contribution >= 0.6 is 0 Å². The third kappa shape index (κ3) is 3.34. The van der Waals surface area contributed by atoms with Crippen LogP contribution in [0.5, 0.6) is 5.75 Å². The molecule has 0 saturated carbocycles. The van der Waals surface area contributed by atoms with E-state index in [4.69, 9.17) is 9.26 Å². The summed E-state index contributed by atoms with van der Waals surface area (Å²) in [6.07, 6.45) is 4.10. The highest BCUT2D eigenvalue weighted by Crippen LogP contribution is 2.29. The Balaban J connectivity index is 2.10. The largest absolute Gasteiger partial charge is 0.490 e. The van der Waals surface area contributed by atoms with E-state index >= 15 is 0 Å². The lowest BCUT2D eigenvalue weighted by Gasteiger charge is -2.13. The summed E-state index contributed by atoms with van der Waals surface area (Å²) in [6.45, 7) is 3.40. The van der Waals surface area contributed by atoms with E-state index in [0.717, 1.165) is 18.7 Å². The zero-order valence-electron chi connectivity index (χ0n) is 11.0. The minimum atomic E-state index is 0.487. The van der Waals surface area contributed by atoms with Gasteiger partial charge in [0.05, 0.1) is 19.9 Å². The van der Waals surface area contributed by atoms with Gasteiger partial charge in [0.15, 0.2) is 17.4 Å². The molecule has 2 aromatic heterocycles. The fraction of sp³-hybridized carbons (Fsp3) is 0.417. The summed E-state index contributed by atoms with van der Waals surface area (Å²) in [6, 6.07) is 1.79. The number of ether oxygens (including phenoxy) is 1. The Morgan fingerprint density at radius 2 is 2.05 bits per heavy atom. The first-order valence-electron chi connectivity index (χ1n) is 6.11. The number of nitrogens with one attached hydrogen (secondary N) is 2. The van der Waals surface area contributed by atoms with Crippen LogP contribution in [0, 0.1) is 0 Å². The fourth-order valence-corrected chi connectivity index (χ4v) is 1.57. The average Bonchev–Trinajstić information content (AvgIpc) is 2.96. The van der Waals surface area contributed by atoms with E-state index in [-0.39, 0.29) is 0 Å². The van der Waals surface area contributed by atoms with Gasteiger partial charge in [-0.1, -0.05) is 12.1 Å². The molecule has 7 nitrogen and oxygen atoms in total. The normalized spacial score (nSPS) is 10.2. The molecular formula is C12H17N5O2. The molecule has 0 aliphatic carbocycles. The van der Waals surface area contributed by atoms with E-state index in [2.05, 4.69) is 32.7 Å². The Kier molecular flexibility index (Phi) is 4.54. The van der Waals surface area contributed by atoms with Gasteiger partial charge in [0.2, 0.25) is 5.75 Å². The molecule has 2 N–H and O–H groups in total. The highest BCUT2D eigenvalue weighted by atomic mass is 16.5. The third-order valence-electron chi connectivity index (χ3n) is 2.47. The lowest BCUT2D eigenvalue weighted by atomic mass is 10.4. The van der Waals surface area contributed by atoms with Crippen molar-refractivity contribution in [2.45, 2.75) is 19.9 Å². The first-order valence-corrected chi connectivity index (χ1v) is 6.11. The van der Waals surface area contributed by atoms with Crippen molar-refractivity contribution in [3.8, 4) is 5.75 Å². The Hall–Kier alpha value is -2.31. The predicted octanol–water partition coefficient (Wildman–Crippen LogP) is 1.91. The average molecular weight is 263 g/mol. The number of rotatable bonds is 7. The molecule has 0 fully saturated rings. The lowest BCUT2D eigenvalue weighted by Crippen LogP contribution is -2.08. The topological polar surface area (TPSA) is 85.1 Å². The van der Waals surface area contributed by atoms with E-state index in [0.29, 0.717) is 23.9 Å². The van der Waals surface area contributed by atoms with Crippen LogP contribution in [0.2, 0.25) is 0 Å². The molecule has 0 radical (unpaired) electrons. The minimum Gasteiger partial charge on any atom is -0.490 e. The molecule has 102 valence electrons. The molecule has 0 amide bonds. The number of aromatic nitrogens is 3. The van der Waals surface area contributed by atoms with Crippen molar-refractivity contribution in [3.63, 3.8) is 0 Å². The molecular weight excluding hydrogens is 246 g/mol. The molecule has 2 heterocycles. The van der Waals surface area contributed by atoms with Crippen molar-refractivity contribution in [2.24, 2.45) is 0 Å². The summed E-state index contributed by atoms with van der Waals surface area (Å²) < 4.78 is 10.4. The molecule has 0 atom stereocenters. The van der Waals surface area contributed by atoms with Gasteiger partial charge in [0, 0.05) is 12.6 Å². The molecule has 2 rings (SSSR count). The van der Waals surface area contributed by atoms with Gasteiger partial charge in [0.25, 0.3) is 0 Å². The van der Waals surface area contributed by atoms with Crippen molar-refractivity contribution in [2.75, 3.05) is 24.3 Å². The third-order valence-corrected chi connectivity index (χ3v) is 2.47. The molecule has 0 bridgehead atoms. The summed E-state index contributed by atoms with van der Waals surface area (Å²) >= 11 is 0. The van der Waals surface area contributed by atoms with Gasteiger partial charge in [-0.3, -0.25) is 0 Å². The first kappa shape index (κ1) is 13.1. The molecule has 2 aromatic rings. The zero-order chi connectivity index (χ0) is 13.5. The van der Waals surface area contributed by atoms with Crippen LogP contribution in [0.4, 0.5) is 11.6 Å². The molecule has 0 aliphatic rings. The Morgan fingerprint density at radius 1 is 1.26 bits per heavy atom. The van der Waals surface area contributed by atoms with Crippen molar-refractivity contribution >= 4 is 11.6 Å². The fourth-order valence-electron chi connectivity index (χ4n) is 1.57. The highest BCUT2D eigenvalue weighted by molar-refractivity contribution is 5.63. The van der Waals surface area contributed by atoms with Crippen LogP contribution in [0.3, 0.4) is 0 Å². The van der Waals surface area contributed by atoms with E-state index < -0.39 is 0 Å². The maximum absolute atomic E-state index is 5.35. The maximum Gasteiger partial charge on any atom is 0.204 e. The molecule has 19 heavy (non-hydrogen) atoms. The summed E-state index contributed by atoms with van der Waals surface area (Å²) in [4.78, 5) is 8.34. The highest BCUT2D eigenvalue weighted by Gasteiger charge is 2.11. The van der Waals surface area contributed by atoms with Crippen LogP contribution in [0.15, 0.2) is 23.1 Å². The Labute approximate surface area is 111 Å². The summed E-state index contributed by atoms with van der Waals surface area (Å²) in [5.41, 5.74) is 0. The lowest BCUT2D eigenvalue weighted by molar-refractivity contribution is 0.387. The van der Waals surface area contributed by atoms with E-state index in [9.17, 15) is 0 Å². The van der Waals surface area contributed by atoms with Crippen molar-refractivity contribution in [1.82, 2.24) is 15.1 Å². The standard InChI is InChI=1S/C12H17N5O2/c1-3-5-13-11-10(18-2)12(16-8-15-11)14-7-9-4-6-17-19-9/h4,6,8H,3,5,7H2,1-2H3,(H2,13,14,15,16). The number of methoxy groups -OCH3 is 1. The second kappa shape index (κ2) is 6.58. The van der Waals surface area contributed by atoms with Crippen LogP contribution in [0.25, 0.3) is 0 Å². The van der Waals surface area contributed by atoms with Crippen LogP contribution < -0.4 is 15.4 Å². The monoisotopic (exact) mass is 263 g/mol. The van der Waals surface area contributed by atoms with Crippen LogP contribution in [0.1, 0.15) is 19.1 Å². The van der Waals surface area contributed by atoms with Gasteiger partial charge in [-0.05, 0) is 6.42 Å². The van der Waals surface area contributed by atoms with Gasteiger partial charge in [-0.25, -0.2) is 9.97 Å². The second-order valence-corrected chi connectivity index (χ2v) is 3.86. The second-order valence-electron chi connectivity index (χ2n) is 3.86. The summed E-state index contributed by atoms with van der Waals surface area (Å²) in [5.74, 6) is 2.62. The SMILES string of the molecule is CCCNc1ncnc(NCc2ccno2)c1OC. The summed E-state index contributed by atoms with van der Waals surface area (Å²) in [5, 5.41) is 9.97. The quantitative estimate of drug-likeness (QED) is 0.789. The molecule has 0 aliphatic heterocycles. The van der Waals surface area contributed by atoms with Gasteiger partial charge in [0.1, 0.15) is 6.33 Å². The van der Waals surface area contributed by atoms with Crippen LogP contribution in [-0.4, -0.2) is 28.8 Å². The van der Waals surface area contributed by atoms with E-state index in [1.807, 2.05) is 0 Å². The van der Waals surface area contributed by atoms with Crippen LogP contribution in [-0.2, 0) is 6.54 Å². The van der Waals surface area contributed by atoms with Crippen molar-refractivity contribution in [3.05, 3.63) is 24.4 Å². The van der Waals surface area contributed by atoms with Gasteiger partial charge < -0.3 is 19.9 Å². The number of hydrogen-bond donors (Lipinski definition) is 2. The molecule has 0 aromatic carbocycles. The molecule has 7 heteroatoms. The number of anilines is 2. The van der Waals surface area contributed by atoms with E-state index in [1.54, 1.807) is 19.4 Å². The van der Waals surface area contributed by atoms with Gasteiger partial charge in [-0.2, -0.15) is 0 Å². The smallest absolute Gasteiger partial charge is 0.204 e. The van der Waals surface area contributed by atoms with Crippen molar-refractivity contribution in [1.29, 1.82) is 0 Å². The van der Waals surface area contributed by atoms with E-state index in [1.165, 1.54) is 6.33 Å². The van der Waals surface area contributed by atoms with Crippen molar-refractivity contribution < 1.29 is 9.26 Å². The molecule has 0 saturated heterocycles. The Morgan fingerprint density at radius 3 is 2.68 bits per heavy atom. The summed E-state index contributed by atoms with van der Waals surface area (Å²) in [7, 11) is 1.59.